The zero-order chi connectivity index (χ0) is 14.7. The standard InChI is InChI=1S/C17H24N2O2/c1-2-21-17(20)19-12-6-5-9-16(19)15-11-10-13-7-3-4-8-14(13)18-15/h3-4,7-8,15-16,18H,2,5-6,9-12H2,1H3. The number of carbonyl (C=O) groups excluding carboxylic acids is 1. The number of rotatable bonds is 2. The Morgan fingerprint density at radius 1 is 1.33 bits per heavy atom. The SMILES string of the molecule is CCOC(=O)N1CCCCC1C1CCc2ccccc2N1. The van der Waals surface area contributed by atoms with Gasteiger partial charge in [0.1, 0.15) is 0 Å². The van der Waals surface area contributed by atoms with Crippen molar-refractivity contribution in [2.75, 3.05) is 18.5 Å². The normalized spacial score (nSPS) is 24.9. The molecule has 1 aromatic carbocycles. The number of hydrogen-bond donors (Lipinski definition) is 1. The first-order valence-electron chi connectivity index (χ1n) is 8.07. The van der Waals surface area contributed by atoms with Crippen LogP contribution in [0.3, 0.4) is 0 Å². The molecule has 2 aliphatic heterocycles. The molecular weight excluding hydrogens is 264 g/mol. The Morgan fingerprint density at radius 2 is 2.19 bits per heavy atom. The van der Waals surface area contributed by atoms with E-state index in [9.17, 15) is 4.79 Å². The number of para-hydroxylation sites is 1. The Bertz CT molecular complexity index is 503. The number of amides is 1. The van der Waals surface area contributed by atoms with E-state index in [-0.39, 0.29) is 12.1 Å². The average molecular weight is 288 g/mol. The maximum absolute atomic E-state index is 12.2. The van der Waals surface area contributed by atoms with Gasteiger partial charge >= 0.3 is 6.09 Å². The van der Waals surface area contributed by atoms with Gasteiger partial charge in [0.2, 0.25) is 0 Å². The molecule has 1 N–H and O–H groups in total. The molecule has 4 heteroatoms. The van der Waals surface area contributed by atoms with E-state index in [2.05, 4.69) is 29.6 Å². The summed E-state index contributed by atoms with van der Waals surface area (Å²) in [5, 5.41) is 3.64. The van der Waals surface area contributed by atoms with Gasteiger partial charge in [0.05, 0.1) is 12.6 Å². The van der Waals surface area contributed by atoms with E-state index >= 15 is 0 Å². The molecule has 0 aromatic heterocycles. The van der Waals surface area contributed by atoms with E-state index in [0.717, 1.165) is 32.2 Å². The second kappa shape index (κ2) is 6.37. The molecule has 2 heterocycles. The number of aryl methyl sites for hydroxylation is 1. The van der Waals surface area contributed by atoms with Crippen LogP contribution in [0.2, 0.25) is 0 Å². The molecule has 0 radical (unpaired) electrons. The van der Waals surface area contributed by atoms with Crippen molar-refractivity contribution >= 4 is 11.8 Å². The summed E-state index contributed by atoms with van der Waals surface area (Å²) in [6, 6.07) is 9.07. The molecule has 21 heavy (non-hydrogen) atoms. The molecule has 2 unspecified atom stereocenters. The van der Waals surface area contributed by atoms with E-state index in [0.29, 0.717) is 12.6 Å². The van der Waals surface area contributed by atoms with Crippen LogP contribution in [-0.2, 0) is 11.2 Å². The Balaban J connectivity index is 1.74. The lowest BCUT2D eigenvalue weighted by Gasteiger charge is -2.42. The predicted molar refractivity (Wildman–Crippen MR) is 83.5 cm³/mol. The van der Waals surface area contributed by atoms with Crippen molar-refractivity contribution < 1.29 is 9.53 Å². The summed E-state index contributed by atoms with van der Waals surface area (Å²) in [7, 11) is 0. The molecule has 0 saturated carbocycles. The number of likely N-dealkylation sites (tertiary alicyclic amines) is 1. The predicted octanol–water partition coefficient (Wildman–Crippen LogP) is 3.42. The van der Waals surface area contributed by atoms with Crippen molar-refractivity contribution in [3.63, 3.8) is 0 Å². The minimum atomic E-state index is -0.150. The van der Waals surface area contributed by atoms with Gasteiger partial charge in [-0.25, -0.2) is 4.79 Å². The van der Waals surface area contributed by atoms with Crippen molar-refractivity contribution in [1.29, 1.82) is 0 Å². The minimum Gasteiger partial charge on any atom is -0.450 e. The van der Waals surface area contributed by atoms with Gasteiger partial charge in [0.25, 0.3) is 0 Å². The Morgan fingerprint density at radius 3 is 3.05 bits per heavy atom. The molecule has 2 atom stereocenters. The van der Waals surface area contributed by atoms with Crippen LogP contribution in [0.5, 0.6) is 0 Å². The van der Waals surface area contributed by atoms with E-state index < -0.39 is 0 Å². The Kier molecular flexibility index (Phi) is 4.32. The summed E-state index contributed by atoms with van der Waals surface area (Å²) < 4.78 is 5.23. The van der Waals surface area contributed by atoms with Crippen molar-refractivity contribution in [2.45, 2.75) is 51.1 Å². The lowest BCUT2D eigenvalue weighted by molar-refractivity contribution is 0.0704. The highest BCUT2D eigenvalue weighted by Gasteiger charge is 2.35. The van der Waals surface area contributed by atoms with Crippen LogP contribution in [0.15, 0.2) is 24.3 Å². The third-order valence-corrected chi connectivity index (χ3v) is 4.60. The number of nitrogens with zero attached hydrogens (tertiary/aromatic N) is 1. The van der Waals surface area contributed by atoms with Crippen molar-refractivity contribution in [1.82, 2.24) is 4.90 Å². The van der Waals surface area contributed by atoms with E-state index in [4.69, 9.17) is 4.74 Å². The topological polar surface area (TPSA) is 41.6 Å². The van der Waals surface area contributed by atoms with Crippen molar-refractivity contribution in [3.05, 3.63) is 29.8 Å². The first kappa shape index (κ1) is 14.2. The molecular formula is C17H24N2O2. The number of carbonyl (C=O) groups is 1. The second-order valence-corrected chi connectivity index (χ2v) is 5.90. The molecule has 1 aromatic rings. The van der Waals surface area contributed by atoms with Gasteiger partial charge in [-0.2, -0.15) is 0 Å². The van der Waals surface area contributed by atoms with Gasteiger partial charge in [-0.05, 0) is 50.7 Å². The largest absolute Gasteiger partial charge is 0.450 e. The molecule has 114 valence electrons. The van der Waals surface area contributed by atoms with Crippen LogP contribution in [0.4, 0.5) is 10.5 Å². The number of hydrogen-bond acceptors (Lipinski definition) is 3. The quantitative estimate of drug-likeness (QED) is 0.906. The zero-order valence-corrected chi connectivity index (χ0v) is 12.7. The smallest absolute Gasteiger partial charge is 0.410 e. The Hall–Kier alpha value is -1.71. The monoisotopic (exact) mass is 288 g/mol. The molecule has 1 amide bonds. The van der Waals surface area contributed by atoms with Crippen LogP contribution in [0.25, 0.3) is 0 Å². The maximum Gasteiger partial charge on any atom is 0.410 e. The lowest BCUT2D eigenvalue weighted by Crippen LogP contribution is -2.53. The van der Waals surface area contributed by atoms with Gasteiger partial charge in [-0.15, -0.1) is 0 Å². The molecule has 1 fully saturated rings. The molecule has 0 spiro atoms. The van der Waals surface area contributed by atoms with Crippen LogP contribution in [0, 0.1) is 0 Å². The third kappa shape index (κ3) is 2.99. The number of piperidine rings is 1. The highest BCUT2D eigenvalue weighted by molar-refractivity contribution is 5.68. The fraction of sp³-hybridized carbons (Fsp3) is 0.588. The molecule has 0 aliphatic carbocycles. The van der Waals surface area contributed by atoms with Crippen LogP contribution in [0.1, 0.15) is 38.2 Å². The van der Waals surface area contributed by atoms with Crippen LogP contribution >= 0.6 is 0 Å². The number of benzene rings is 1. The van der Waals surface area contributed by atoms with Crippen LogP contribution in [-0.4, -0.2) is 36.2 Å². The number of nitrogens with one attached hydrogen (secondary N) is 1. The minimum absolute atomic E-state index is 0.150. The number of anilines is 1. The second-order valence-electron chi connectivity index (χ2n) is 5.90. The fourth-order valence-electron chi connectivity index (χ4n) is 3.56. The number of ether oxygens (including phenoxy) is 1. The average Bonchev–Trinajstić information content (AvgIpc) is 2.54. The third-order valence-electron chi connectivity index (χ3n) is 4.60. The fourth-order valence-corrected chi connectivity index (χ4v) is 3.56. The molecule has 0 bridgehead atoms. The first-order chi connectivity index (χ1) is 10.3. The van der Waals surface area contributed by atoms with E-state index in [1.54, 1.807) is 0 Å². The highest BCUT2D eigenvalue weighted by atomic mass is 16.6. The molecule has 1 saturated heterocycles. The number of fused-ring (bicyclic) bond motifs is 1. The van der Waals surface area contributed by atoms with Gasteiger partial charge in [0.15, 0.2) is 0 Å². The summed E-state index contributed by atoms with van der Waals surface area (Å²) in [4.78, 5) is 14.1. The van der Waals surface area contributed by atoms with Gasteiger partial charge in [-0.1, -0.05) is 18.2 Å². The highest BCUT2D eigenvalue weighted by Crippen LogP contribution is 2.30. The maximum atomic E-state index is 12.2. The van der Waals surface area contributed by atoms with Crippen molar-refractivity contribution in [2.24, 2.45) is 0 Å². The summed E-state index contributed by atoms with van der Waals surface area (Å²) in [5.41, 5.74) is 2.61. The summed E-state index contributed by atoms with van der Waals surface area (Å²) in [5.74, 6) is 0. The van der Waals surface area contributed by atoms with Gasteiger partial charge < -0.3 is 15.0 Å². The Labute approximate surface area is 126 Å². The van der Waals surface area contributed by atoms with Gasteiger partial charge in [0, 0.05) is 18.3 Å². The van der Waals surface area contributed by atoms with E-state index in [1.807, 2.05) is 11.8 Å². The first-order valence-corrected chi connectivity index (χ1v) is 8.07. The van der Waals surface area contributed by atoms with Crippen molar-refractivity contribution in [3.8, 4) is 0 Å². The lowest BCUT2D eigenvalue weighted by atomic mass is 9.88. The van der Waals surface area contributed by atoms with Gasteiger partial charge in [-0.3, -0.25) is 0 Å². The van der Waals surface area contributed by atoms with E-state index in [1.165, 1.54) is 17.7 Å². The molecule has 4 nitrogen and oxygen atoms in total. The zero-order valence-electron chi connectivity index (χ0n) is 12.7. The summed E-state index contributed by atoms with van der Waals surface area (Å²) >= 11 is 0. The summed E-state index contributed by atoms with van der Waals surface area (Å²) in [6.45, 7) is 3.14. The summed E-state index contributed by atoms with van der Waals surface area (Å²) in [6.07, 6.45) is 5.36. The van der Waals surface area contributed by atoms with Crippen LogP contribution < -0.4 is 5.32 Å². The molecule has 3 rings (SSSR count). The molecule has 2 aliphatic rings.